The normalized spacial score (nSPS) is 13.2. The van der Waals surface area contributed by atoms with Gasteiger partial charge in [-0.15, -0.1) is 0 Å². The van der Waals surface area contributed by atoms with Gasteiger partial charge in [0.2, 0.25) is 0 Å². The first-order valence-corrected chi connectivity index (χ1v) is 8.11. The number of carbonyl (C=O) groups is 1. The van der Waals surface area contributed by atoms with Crippen LogP contribution in [0.5, 0.6) is 17.2 Å². The summed E-state index contributed by atoms with van der Waals surface area (Å²) in [4.78, 5) is 12.4. The molecule has 136 valence electrons. The number of hydrogen-bond acceptors (Lipinski definition) is 5. The molecule has 1 amide bonds. The molecule has 0 radical (unpaired) electrons. The van der Waals surface area contributed by atoms with Gasteiger partial charge in [0, 0.05) is 29.4 Å². The predicted molar refractivity (Wildman–Crippen MR) is 95.6 cm³/mol. The van der Waals surface area contributed by atoms with E-state index in [0.29, 0.717) is 53.6 Å². The van der Waals surface area contributed by atoms with Gasteiger partial charge in [0.15, 0.2) is 11.5 Å². The highest BCUT2D eigenvalue weighted by Crippen LogP contribution is 2.32. The van der Waals surface area contributed by atoms with E-state index in [9.17, 15) is 9.18 Å². The number of hydrogen-bond donors (Lipinski definition) is 2. The zero-order valence-electron chi connectivity index (χ0n) is 14.0. The van der Waals surface area contributed by atoms with E-state index in [1.165, 1.54) is 0 Å². The first-order valence-electron chi connectivity index (χ1n) is 8.11. The molecule has 0 saturated carbocycles. The number of carbonyl (C=O) groups excluding carboxylic acids is 1. The fourth-order valence-electron chi connectivity index (χ4n) is 2.34. The van der Waals surface area contributed by atoms with Crippen LogP contribution in [0.3, 0.4) is 0 Å². The molecule has 0 fully saturated rings. The Kier molecular flexibility index (Phi) is 5.70. The van der Waals surface area contributed by atoms with Crippen molar-refractivity contribution in [2.24, 2.45) is 5.73 Å². The van der Waals surface area contributed by atoms with Crippen molar-refractivity contribution < 1.29 is 23.4 Å². The third-order valence-electron chi connectivity index (χ3n) is 3.76. The molecule has 2 aromatic rings. The Morgan fingerprint density at radius 2 is 1.88 bits per heavy atom. The van der Waals surface area contributed by atoms with Gasteiger partial charge in [-0.2, -0.15) is 0 Å². The number of nitrogens with one attached hydrogen (secondary N) is 1. The summed E-state index contributed by atoms with van der Waals surface area (Å²) in [6.07, 6.45) is 0.440. The van der Waals surface area contributed by atoms with Gasteiger partial charge in [-0.05, 0) is 36.4 Å². The molecule has 1 heterocycles. The molecule has 0 bridgehead atoms. The molecule has 0 aliphatic carbocycles. The van der Waals surface area contributed by atoms with Crippen LogP contribution in [0.2, 0.25) is 0 Å². The molecule has 3 N–H and O–H groups in total. The van der Waals surface area contributed by atoms with Crippen LogP contribution in [0.15, 0.2) is 54.4 Å². The second-order valence-corrected chi connectivity index (χ2v) is 5.60. The summed E-state index contributed by atoms with van der Waals surface area (Å²) < 4.78 is 28.8. The molecule has 0 unspecified atom stereocenters. The number of nitrogens with two attached hydrogens (primary N) is 1. The molecule has 3 rings (SSSR count). The van der Waals surface area contributed by atoms with E-state index in [2.05, 4.69) is 5.32 Å². The highest BCUT2D eigenvalue weighted by Gasteiger charge is 2.13. The van der Waals surface area contributed by atoms with Crippen LogP contribution in [0.4, 0.5) is 10.1 Å². The highest BCUT2D eigenvalue weighted by molar-refractivity contribution is 6.04. The van der Waals surface area contributed by atoms with E-state index in [1.54, 1.807) is 42.5 Å². The number of ether oxygens (including phenoxy) is 3. The minimum atomic E-state index is -0.264. The molecule has 0 atom stereocenters. The van der Waals surface area contributed by atoms with E-state index in [4.69, 9.17) is 19.9 Å². The quantitative estimate of drug-likeness (QED) is 0.830. The summed E-state index contributed by atoms with van der Waals surface area (Å²) >= 11 is 0. The topological polar surface area (TPSA) is 82.8 Å². The van der Waals surface area contributed by atoms with Crippen molar-refractivity contribution in [2.45, 2.75) is 0 Å². The number of fused-ring (bicyclic) bond motifs is 1. The molecule has 26 heavy (non-hydrogen) atoms. The molecular formula is C19H19FN2O4. The van der Waals surface area contributed by atoms with Crippen molar-refractivity contribution in [3.8, 4) is 17.2 Å². The van der Waals surface area contributed by atoms with Crippen molar-refractivity contribution in [1.82, 2.24) is 0 Å². The Hall–Kier alpha value is -3.06. The van der Waals surface area contributed by atoms with Crippen LogP contribution in [0.1, 0.15) is 10.4 Å². The van der Waals surface area contributed by atoms with E-state index < -0.39 is 0 Å². The predicted octanol–water partition coefficient (Wildman–Crippen LogP) is 2.90. The van der Waals surface area contributed by atoms with E-state index in [0.717, 1.165) is 0 Å². The molecular weight excluding hydrogens is 339 g/mol. The fraction of sp³-hybridized carbons (Fsp3) is 0.211. The fourth-order valence-corrected chi connectivity index (χ4v) is 2.34. The Bertz CT molecular complexity index is 806. The molecule has 1 aliphatic rings. The second-order valence-electron chi connectivity index (χ2n) is 5.60. The first-order chi connectivity index (χ1) is 12.7. The average molecular weight is 358 g/mol. The van der Waals surface area contributed by atoms with Gasteiger partial charge >= 0.3 is 0 Å². The lowest BCUT2D eigenvalue weighted by atomic mass is 10.2. The monoisotopic (exact) mass is 358 g/mol. The second kappa shape index (κ2) is 8.35. The van der Waals surface area contributed by atoms with Gasteiger partial charge in [0.05, 0.1) is 6.33 Å². The van der Waals surface area contributed by atoms with Gasteiger partial charge < -0.3 is 25.3 Å². The molecule has 2 aromatic carbocycles. The van der Waals surface area contributed by atoms with Crippen molar-refractivity contribution in [1.29, 1.82) is 0 Å². The Morgan fingerprint density at radius 1 is 1.15 bits per heavy atom. The van der Waals surface area contributed by atoms with Gasteiger partial charge in [0.1, 0.15) is 25.6 Å². The van der Waals surface area contributed by atoms with Crippen LogP contribution >= 0.6 is 0 Å². The summed E-state index contributed by atoms with van der Waals surface area (Å²) in [5.74, 6) is 1.53. The van der Waals surface area contributed by atoms with Crippen LogP contribution in [-0.2, 0) is 0 Å². The van der Waals surface area contributed by atoms with Crippen LogP contribution in [0, 0.1) is 0 Å². The van der Waals surface area contributed by atoms with E-state index in [-0.39, 0.29) is 19.1 Å². The first kappa shape index (κ1) is 17.8. The summed E-state index contributed by atoms with van der Waals surface area (Å²) in [6.45, 7) is 1.15. The number of anilines is 1. The summed E-state index contributed by atoms with van der Waals surface area (Å²) in [5.41, 5.74) is 6.80. The van der Waals surface area contributed by atoms with Crippen molar-refractivity contribution >= 4 is 11.6 Å². The Morgan fingerprint density at radius 3 is 2.58 bits per heavy atom. The third-order valence-corrected chi connectivity index (χ3v) is 3.76. The summed E-state index contributed by atoms with van der Waals surface area (Å²) in [5, 5.41) is 2.81. The van der Waals surface area contributed by atoms with Crippen molar-refractivity contribution in [3.63, 3.8) is 0 Å². The maximum Gasteiger partial charge on any atom is 0.255 e. The Balaban J connectivity index is 1.61. The lowest BCUT2D eigenvalue weighted by molar-refractivity contribution is 0.102. The maximum absolute atomic E-state index is 12.5. The largest absolute Gasteiger partial charge is 0.489 e. The molecule has 1 aliphatic heterocycles. The minimum Gasteiger partial charge on any atom is -0.489 e. The number of halogens is 1. The number of amides is 1. The SMILES string of the molecule is NC/C(=C/F)COc1ccc(C(=O)Nc2ccc3c(c2)OCCO3)cc1. The molecule has 6 nitrogen and oxygen atoms in total. The standard InChI is InChI=1S/C19H19FN2O4/c20-10-13(11-21)12-26-16-4-1-14(2-5-16)19(23)22-15-3-6-17-18(9-15)25-8-7-24-17/h1-6,9-10H,7-8,11-12,21H2,(H,22,23)/b13-10-. The van der Waals surface area contributed by atoms with Gasteiger partial charge in [-0.25, -0.2) is 4.39 Å². The van der Waals surface area contributed by atoms with Crippen LogP contribution < -0.4 is 25.3 Å². The van der Waals surface area contributed by atoms with Gasteiger partial charge in [-0.1, -0.05) is 0 Å². The van der Waals surface area contributed by atoms with Crippen molar-refractivity contribution in [3.05, 3.63) is 59.9 Å². The lowest BCUT2D eigenvalue weighted by Gasteiger charge is -2.19. The molecule has 0 saturated heterocycles. The zero-order chi connectivity index (χ0) is 18.4. The maximum atomic E-state index is 12.5. The summed E-state index contributed by atoms with van der Waals surface area (Å²) in [7, 11) is 0. The third kappa shape index (κ3) is 4.31. The number of rotatable bonds is 6. The number of benzene rings is 2. The van der Waals surface area contributed by atoms with Gasteiger partial charge in [-0.3, -0.25) is 4.79 Å². The van der Waals surface area contributed by atoms with Crippen LogP contribution in [0.25, 0.3) is 0 Å². The smallest absolute Gasteiger partial charge is 0.255 e. The average Bonchev–Trinajstić information content (AvgIpc) is 2.69. The van der Waals surface area contributed by atoms with Gasteiger partial charge in [0.25, 0.3) is 5.91 Å². The van der Waals surface area contributed by atoms with E-state index in [1.807, 2.05) is 0 Å². The minimum absolute atomic E-state index is 0.0652. The summed E-state index contributed by atoms with van der Waals surface area (Å²) in [6, 6.07) is 11.8. The lowest BCUT2D eigenvalue weighted by Crippen LogP contribution is -2.16. The van der Waals surface area contributed by atoms with Crippen LogP contribution in [-0.4, -0.2) is 32.3 Å². The molecule has 0 aromatic heterocycles. The molecule has 7 heteroatoms. The Labute approximate surface area is 150 Å². The van der Waals surface area contributed by atoms with E-state index >= 15 is 0 Å². The highest BCUT2D eigenvalue weighted by atomic mass is 19.1. The molecule has 0 spiro atoms. The zero-order valence-corrected chi connectivity index (χ0v) is 14.0. The van der Waals surface area contributed by atoms with Crippen molar-refractivity contribution in [2.75, 3.05) is 31.7 Å².